The Bertz CT molecular complexity index is 530. The van der Waals surface area contributed by atoms with Crippen molar-refractivity contribution < 1.29 is 13.3 Å². The maximum Gasteiger partial charge on any atom is 0.289 e. The van der Waals surface area contributed by atoms with Crippen LogP contribution >= 0.6 is 15.9 Å². The molecule has 0 bridgehead atoms. The first-order chi connectivity index (χ1) is 7.88. The average Bonchev–Trinajstić information content (AvgIpc) is 2.26. The molecule has 6 nitrogen and oxygen atoms in total. The Morgan fingerprint density at radius 3 is 2.65 bits per heavy atom. The smallest absolute Gasteiger partial charge is 0.258 e. The molecule has 17 heavy (non-hydrogen) atoms. The van der Waals surface area contributed by atoms with Crippen molar-refractivity contribution >= 4 is 31.6 Å². The fourth-order valence-corrected chi connectivity index (χ4v) is 3.01. The molecule has 0 radical (unpaired) electrons. The number of rotatable bonds is 5. The summed E-state index contributed by atoms with van der Waals surface area (Å²) in [5.74, 6) is 0. The highest BCUT2D eigenvalue weighted by Gasteiger charge is 2.25. The monoisotopic (exact) mass is 322 g/mol. The zero-order valence-electron chi connectivity index (χ0n) is 9.01. The molecule has 0 saturated heterocycles. The number of halogens is 1. The van der Waals surface area contributed by atoms with Crippen molar-refractivity contribution in [1.29, 1.82) is 0 Å². The van der Waals surface area contributed by atoms with E-state index in [4.69, 9.17) is 0 Å². The molecule has 0 spiro atoms. The molecule has 1 N–H and O–H groups in total. The number of hydrogen-bond donors (Lipinski definition) is 1. The summed E-state index contributed by atoms with van der Waals surface area (Å²) in [4.78, 5) is 9.71. The number of sulfonamides is 1. The van der Waals surface area contributed by atoms with Crippen LogP contribution < -0.4 is 4.72 Å². The van der Waals surface area contributed by atoms with E-state index in [1.54, 1.807) is 6.92 Å². The first kappa shape index (κ1) is 14.1. The molecular formula is C9H11BrN2O4S. The van der Waals surface area contributed by atoms with Gasteiger partial charge in [-0.25, -0.2) is 13.1 Å². The van der Waals surface area contributed by atoms with Gasteiger partial charge in [0.1, 0.15) is 0 Å². The Hall–Kier alpha value is -0.990. The number of benzene rings is 1. The van der Waals surface area contributed by atoms with E-state index in [1.807, 2.05) is 0 Å². The van der Waals surface area contributed by atoms with Crippen LogP contribution in [-0.2, 0) is 10.0 Å². The lowest BCUT2D eigenvalue weighted by Crippen LogP contribution is -2.25. The summed E-state index contributed by atoms with van der Waals surface area (Å²) >= 11 is 3.09. The van der Waals surface area contributed by atoms with E-state index in [-0.39, 0.29) is 11.4 Å². The van der Waals surface area contributed by atoms with Crippen LogP contribution in [0, 0.1) is 10.1 Å². The van der Waals surface area contributed by atoms with Crippen LogP contribution in [0.2, 0.25) is 0 Å². The summed E-state index contributed by atoms with van der Waals surface area (Å²) in [7, 11) is -3.84. The van der Waals surface area contributed by atoms with E-state index in [9.17, 15) is 18.5 Å². The van der Waals surface area contributed by atoms with Crippen LogP contribution in [-0.4, -0.2) is 19.9 Å². The van der Waals surface area contributed by atoms with Crippen LogP contribution in [0.3, 0.4) is 0 Å². The molecule has 0 fully saturated rings. The lowest BCUT2D eigenvalue weighted by molar-refractivity contribution is -0.387. The highest BCUT2D eigenvalue weighted by molar-refractivity contribution is 9.10. The number of hydrogen-bond acceptors (Lipinski definition) is 4. The van der Waals surface area contributed by atoms with Crippen LogP contribution in [0.15, 0.2) is 27.6 Å². The molecule has 0 saturated carbocycles. The molecule has 1 rings (SSSR count). The summed E-state index contributed by atoms with van der Waals surface area (Å²) in [5.41, 5.74) is -0.434. The van der Waals surface area contributed by atoms with Gasteiger partial charge in [0.15, 0.2) is 4.90 Å². The number of nitro groups is 1. The highest BCUT2D eigenvalue weighted by Crippen LogP contribution is 2.26. The van der Waals surface area contributed by atoms with Gasteiger partial charge in [0.25, 0.3) is 5.69 Å². The minimum atomic E-state index is -3.84. The molecule has 0 heterocycles. The number of nitro benzene ring substituents is 1. The Morgan fingerprint density at radius 1 is 1.47 bits per heavy atom. The van der Waals surface area contributed by atoms with Crippen LogP contribution in [0.4, 0.5) is 5.69 Å². The molecule has 0 unspecified atom stereocenters. The minimum Gasteiger partial charge on any atom is -0.258 e. The second-order valence-corrected chi connectivity index (χ2v) is 5.92. The Labute approximate surface area is 107 Å². The number of nitrogens with zero attached hydrogens (tertiary/aromatic N) is 1. The average molecular weight is 323 g/mol. The molecular weight excluding hydrogens is 312 g/mol. The highest BCUT2D eigenvalue weighted by atomic mass is 79.9. The van der Waals surface area contributed by atoms with E-state index in [0.717, 1.165) is 6.07 Å². The molecule has 8 heteroatoms. The van der Waals surface area contributed by atoms with Crippen LogP contribution in [0.5, 0.6) is 0 Å². The van der Waals surface area contributed by atoms with Crippen molar-refractivity contribution in [3.63, 3.8) is 0 Å². The molecule has 0 aliphatic carbocycles. The van der Waals surface area contributed by atoms with Crippen LogP contribution in [0.1, 0.15) is 13.3 Å². The topological polar surface area (TPSA) is 89.3 Å². The molecule has 0 aliphatic heterocycles. The summed E-state index contributed by atoms with van der Waals surface area (Å²) in [5, 5.41) is 10.8. The molecule has 0 amide bonds. The minimum absolute atomic E-state index is 0.242. The van der Waals surface area contributed by atoms with E-state index >= 15 is 0 Å². The molecule has 0 aliphatic rings. The second-order valence-electron chi connectivity index (χ2n) is 3.27. The maximum absolute atomic E-state index is 11.8. The first-order valence-electron chi connectivity index (χ1n) is 4.82. The van der Waals surface area contributed by atoms with Gasteiger partial charge < -0.3 is 0 Å². The van der Waals surface area contributed by atoms with Gasteiger partial charge >= 0.3 is 0 Å². The van der Waals surface area contributed by atoms with Crippen molar-refractivity contribution in [3.8, 4) is 0 Å². The molecule has 1 aromatic carbocycles. The third-order valence-corrected chi connectivity index (χ3v) is 3.93. The normalized spacial score (nSPS) is 11.4. The van der Waals surface area contributed by atoms with E-state index in [2.05, 4.69) is 20.7 Å². The third-order valence-electron chi connectivity index (χ3n) is 1.95. The van der Waals surface area contributed by atoms with Gasteiger partial charge in [-0.1, -0.05) is 22.9 Å². The maximum atomic E-state index is 11.8. The third kappa shape index (κ3) is 3.48. The summed E-state index contributed by atoms with van der Waals surface area (Å²) in [6.45, 7) is 2.05. The van der Waals surface area contributed by atoms with Gasteiger partial charge in [-0.15, -0.1) is 0 Å². The summed E-state index contributed by atoms with van der Waals surface area (Å²) < 4.78 is 26.4. The van der Waals surface area contributed by atoms with E-state index in [1.165, 1.54) is 12.1 Å². The van der Waals surface area contributed by atoms with Gasteiger partial charge in [-0.05, 0) is 18.6 Å². The Kier molecular flexibility index (Phi) is 4.61. The largest absolute Gasteiger partial charge is 0.289 e. The standard InChI is InChI=1S/C9H11BrN2O4S/c1-2-5-11-17(15,16)9-6-7(10)3-4-8(9)12(13)14/h3-4,6,11H,2,5H2,1H3. The fraction of sp³-hybridized carbons (Fsp3) is 0.333. The fourth-order valence-electron chi connectivity index (χ4n) is 1.17. The van der Waals surface area contributed by atoms with Gasteiger partial charge in [-0.3, -0.25) is 10.1 Å². The number of nitrogens with one attached hydrogen (secondary N) is 1. The predicted molar refractivity (Wildman–Crippen MR) is 66.3 cm³/mol. The zero-order chi connectivity index (χ0) is 13.1. The van der Waals surface area contributed by atoms with Crippen molar-refractivity contribution in [2.24, 2.45) is 0 Å². The van der Waals surface area contributed by atoms with E-state index < -0.39 is 20.6 Å². The van der Waals surface area contributed by atoms with Gasteiger partial charge in [0, 0.05) is 17.1 Å². The van der Waals surface area contributed by atoms with Gasteiger partial charge in [0.2, 0.25) is 10.0 Å². The van der Waals surface area contributed by atoms with Crippen molar-refractivity contribution in [2.45, 2.75) is 18.2 Å². The zero-order valence-corrected chi connectivity index (χ0v) is 11.4. The molecule has 0 atom stereocenters. The lowest BCUT2D eigenvalue weighted by Gasteiger charge is -2.06. The molecule has 1 aromatic rings. The second kappa shape index (κ2) is 5.56. The Morgan fingerprint density at radius 2 is 2.12 bits per heavy atom. The van der Waals surface area contributed by atoms with Gasteiger partial charge in [-0.2, -0.15) is 0 Å². The Balaban J connectivity index is 3.28. The van der Waals surface area contributed by atoms with Gasteiger partial charge in [0.05, 0.1) is 4.92 Å². The van der Waals surface area contributed by atoms with E-state index in [0.29, 0.717) is 10.9 Å². The summed E-state index contributed by atoms with van der Waals surface area (Å²) in [6.07, 6.45) is 0.612. The quantitative estimate of drug-likeness (QED) is 0.663. The summed E-state index contributed by atoms with van der Waals surface area (Å²) in [6, 6.07) is 3.80. The lowest BCUT2D eigenvalue weighted by atomic mass is 10.3. The van der Waals surface area contributed by atoms with Crippen molar-refractivity contribution in [2.75, 3.05) is 6.54 Å². The first-order valence-corrected chi connectivity index (χ1v) is 7.09. The van der Waals surface area contributed by atoms with Crippen molar-refractivity contribution in [3.05, 3.63) is 32.8 Å². The molecule has 94 valence electrons. The predicted octanol–water partition coefficient (Wildman–Crippen LogP) is 2.05. The SMILES string of the molecule is CCCNS(=O)(=O)c1cc(Br)ccc1[N+](=O)[O-]. The molecule has 0 aromatic heterocycles. The van der Waals surface area contributed by atoms with Crippen LogP contribution in [0.25, 0.3) is 0 Å². The van der Waals surface area contributed by atoms with Crippen molar-refractivity contribution in [1.82, 2.24) is 4.72 Å².